The Bertz CT molecular complexity index is 224. The molecule has 0 aromatic carbocycles. The highest BCUT2D eigenvalue weighted by Gasteiger charge is 2.36. The molecule has 0 spiro atoms. The van der Waals surface area contributed by atoms with E-state index in [4.69, 9.17) is 4.74 Å². The molecule has 0 unspecified atom stereocenters. The van der Waals surface area contributed by atoms with E-state index in [9.17, 15) is 0 Å². The molecule has 1 nitrogen and oxygen atoms in total. The number of unbranched alkanes of at least 4 members (excludes halogenated alkanes) is 10. The maximum absolute atomic E-state index is 5.71. The molecule has 0 aliphatic carbocycles. The van der Waals surface area contributed by atoms with Gasteiger partial charge < -0.3 is 4.74 Å². The average molecular weight is 280 g/mol. The van der Waals surface area contributed by atoms with Crippen molar-refractivity contribution in [3.05, 3.63) is 12.7 Å². The zero-order valence-corrected chi connectivity index (χ0v) is 13.7. The van der Waals surface area contributed by atoms with Crippen molar-refractivity contribution in [2.75, 3.05) is 0 Å². The topological polar surface area (TPSA) is 12.5 Å². The van der Waals surface area contributed by atoms with E-state index >= 15 is 0 Å². The standard InChI is InChI=1S/C19H36O/c1-3-5-7-8-9-10-11-12-13-15-17-19-18(20-19)16-14-6-4-2/h4,18-19H,2-3,5-17H2,1H3/t18-,19+/m1/s1. The highest BCUT2D eigenvalue weighted by molar-refractivity contribution is 4.85. The van der Waals surface area contributed by atoms with Crippen LogP contribution in [0.25, 0.3) is 0 Å². The normalized spacial score (nSPS) is 21.1. The van der Waals surface area contributed by atoms with Crippen LogP contribution in [-0.4, -0.2) is 12.2 Å². The van der Waals surface area contributed by atoms with E-state index < -0.39 is 0 Å². The Morgan fingerprint density at radius 2 is 1.25 bits per heavy atom. The van der Waals surface area contributed by atoms with E-state index in [1.165, 1.54) is 83.5 Å². The van der Waals surface area contributed by atoms with Gasteiger partial charge in [0, 0.05) is 0 Å². The molecule has 0 radical (unpaired) electrons. The van der Waals surface area contributed by atoms with E-state index in [-0.39, 0.29) is 0 Å². The van der Waals surface area contributed by atoms with Crippen LogP contribution >= 0.6 is 0 Å². The molecule has 118 valence electrons. The summed E-state index contributed by atoms with van der Waals surface area (Å²) in [6.45, 7) is 6.05. The Kier molecular flexibility index (Phi) is 11.0. The van der Waals surface area contributed by atoms with Crippen molar-refractivity contribution in [2.24, 2.45) is 0 Å². The fourth-order valence-electron chi connectivity index (χ4n) is 2.98. The molecule has 0 aromatic heterocycles. The van der Waals surface area contributed by atoms with Gasteiger partial charge in [-0.1, -0.05) is 77.2 Å². The first-order valence-electron chi connectivity index (χ1n) is 9.14. The lowest BCUT2D eigenvalue weighted by Gasteiger charge is -2.01. The van der Waals surface area contributed by atoms with Gasteiger partial charge in [-0.25, -0.2) is 0 Å². The van der Waals surface area contributed by atoms with Gasteiger partial charge in [-0.05, 0) is 25.7 Å². The monoisotopic (exact) mass is 280 g/mol. The van der Waals surface area contributed by atoms with E-state index in [0.717, 1.165) is 6.42 Å². The molecular formula is C19H36O. The van der Waals surface area contributed by atoms with Gasteiger partial charge >= 0.3 is 0 Å². The predicted molar refractivity (Wildman–Crippen MR) is 89.2 cm³/mol. The fraction of sp³-hybridized carbons (Fsp3) is 0.895. The van der Waals surface area contributed by atoms with Gasteiger partial charge in [0.15, 0.2) is 0 Å². The zero-order valence-electron chi connectivity index (χ0n) is 13.7. The molecule has 1 aliphatic heterocycles. The number of hydrogen-bond acceptors (Lipinski definition) is 1. The fourth-order valence-corrected chi connectivity index (χ4v) is 2.98. The Hall–Kier alpha value is -0.300. The van der Waals surface area contributed by atoms with E-state index in [1.54, 1.807) is 0 Å². The highest BCUT2D eigenvalue weighted by Crippen LogP contribution is 2.31. The quantitative estimate of drug-likeness (QED) is 0.191. The number of hydrogen-bond donors (Lipinski definition) is 0. The first-order valence-corrected chi connectivity index (χ1v) is 9.14. The van der Waals surface area contributed by atoms with Gasteiger partial charge in [0.25, 0.3) is 0 Å². The van der Waals surface area contributed by atoms with Gasteiger partial charge in [0.2, 0.25) is 0 Å². The van der Waals surface area contributed by atoms with Crippen LogP contribution < -0.4 is 0 Å². The van der Waals surface area contributed by atoms with Crippen molar-refractivity contribution in [3.8, 4) is 0 Å². The third kappa shape index (κ3) is 9.58. The number of rotatable bonds is 15. The van der Waals surface area contributed by atoms with Crippen LogP contribution in [0.1, 0.15) is 96.8 Å². The van der Waals surface area contributed by atoms with Gasteiger partial charge in [-0.2, -0.15) is 0 Å². The number of allylic oxidation sites excluding steroid dienone is 1. The van der Waals surface area contributed by atoms with E-state index in [1.807, 2.05) is 6.08 Å². The van der Waals surface area contributed by atoms with Crippen molar-refractivity contribution in [1.82, 2.24) is 0 Å². The van der Waals surface area contributed by atoms with Gasteiger partial charge in [0.05, 0.1) is 12.2 Å². The van der Waals surface area contributed by atoms with E-state index in [0.29, 0.717) is 12.2 Å². The Labute approximate surface area is 127 Å². The lowest BCUT2D eigenvalue weighted by atomic mass is 10.0. The number of ether oxygens (including phenoxy) is 1. The largest absolute Gasteiger partial charge is 0.370 e. The van der Waals surface area contributed by atoms with Gasteiger partial charge in [-0.15, -0.1) is 6.58 Å². The van der Waals surface area contributed by atoms with Crippen molar-refractivity contribution >= 4 is 0 Å². The summed E-state index contributed by atoms with van der Waals surface area (Å²) in [5.74, 6) is 0. The van der Waals surface area contributed by atoms with Gasteiger partial charge in [0.1, 0.15) is 0 Å². The summed E-state index contributed by atoms with van der Waals surface area (Å²) in [6, 6.07) is 0. The van der Waals surface area contributed by atoms with Crippen molar-refractivity contribution in [1.29, 1.82) is 0 Å². The summed E-state index contributed by atoms with van der Waals surface area (Å²) in [5, 5.41) is 0. The van der Waals surface area contributed by atoms with Crippen molar-refractivity contribution < 1.29 is 4.74 Å². The summed E-state index contributed by atoms with van der Waals surface area (Å²) in [7, 11) is 0. The minimum atomic E-state index is 0.591. The summed E-state index contributed by atoms with van der Waals surface area (Å²) < 4.78 is 5.71. The SMILES string of the molecule is C=CCCC[C@H]1O[C@H]1CCCCCCCCCCCC. The Morgan fingerprint density at radius 3 is 1.80 bits per heavy atom. The zero-order chi connectivity index (χ0) is 14.5. The molecule has 0 saturated carbocycles. The summed E-state index contributed by atoms with van der Waals surface area (Å²) in [5.41, 5.74) is 0. The summed E-state index contributed by atoms with van der Waals surface area (Å²) in [6.07, 6.45) is 22.4. The molecule has 0 aromatic rings. The Balaban J connectivity index is 1.72. The molecule has 2 atom stereocenters. The van der Waals surface area contributed by atoms with Crippen LogP contribution in [0.3, 0.4) is 0 Å². The van der Waals surface area contributed by atoms with E-state index in [2.05, 4.69) is 13.5 Å². The van der Waals surface area contributed by atoms with Crippen molar-refractivity contribution in [3.63, 3.8) is 0 Å². The second-order valence-corrected chi connectivity index (χ2v) is 6.40. The molecule has 1 heteroatoms. The predicted octanol–water partition coefficient (Wildman–Crippen LogP) is 6.42. The lowest BCUT2D eigenvalue weighted by molar-refractivity contribution is 0.349. The van der Waals surface area contributed by atoms with Crippen LogP contribution in [0.4, 0.5) is 0 Å². The summed E-state index contributed by atoms with van der Waals surface area (Å²) >= 11 is 0. The minimum Gasteiger partial charge on any atom is -0.370 e. The third-order valence-corrected chi connectivity index (χ3v) is 4.43. The lowest BCUT2D eigenvalue weighted by Crippen LogP contribution is -1.94. The Morgan fingerprint density at radius 1 is 0.750 bits per heavy atom. The molecule has 1 saturated heterocycles. The van der Waals surface area contributed by atoms with Crippen molar-refractivity contribution in [2.45, 2.75) is 109 Å². The third-order valence-electron chi connectivity index (χ3n) is 4.43. The molecule has 20 heavy (non-hydrogen) atoms. The van der Waals surface area contributed by atoms with Crippen LogP contribution in [0.2, 0.25) is 0 Å². The molecule has 0 amide bonds. The van der Waals surface area contributed by atoms with Crippen LogP contribution in [0.5, 0.6) is 0 Å². The molecule has 1 rings (SSSR count). The molecule has 1 heterocycles. The highest BCUT2D eigenvalue weighted by atomic mass is 16.6. The smallest absolute Gasteiger partial charge is 0.0842 e. The number of epoxide rings is 1. The molecule has 0 bridgehead atoms. The van der Waals surface area contributed by atoms with Crippen LogP contribution in [-0.2, 0) is 4.74 Å². The first-order chi connectivity index (χ1) is 9.88. The molecule has 0 N–H and O–H groups in total. The molecular weight excluding hydrogens is 244 g/mol. The molecule has 1 fully saturated rings. The maximum Gasteiger partial charge on any atom is 0.0842 e. The summed E-state index contributed by atoms with van der Waals surface area (Å²) in [4.78, 5) is 0. The van der Waals surface area contributed by atoms with Crippen LogP contribution in [0.15, 0.2) is 12.7 Å². The molecule has 1 aliphatic rings. The second kappa shape index (κ2) is 12.4. The van der Waals surface area contributed by atoms with Crippen LogP contribution in [0, 0.1) is 0 Å². The maximum atomic E-state index is 5.71. The average Bonchev–Trinajstić information content (AvgIpc) is 3.20. The first kappa shape index (κ1) is 17.8. The minimum absolute atomic E-state index is 0.591. The second-order valence-electron chi connectivity index (χ2n) is 6.40. The van der Waals surface area contributed by atoms with Gasteiger partial charge in [-0.3, -0.25) is 0 Å².